The van der Waals surface area contributed by atoms with Gasteiger partial charge in [0, 0.05) is 19.3 Å². The Hall–Kier alpha value is -1.54. The largest absolute Gasteiger partial charge is 0.393 e. The van der Waals surface area contributed by atoms with Gasteiger partial charge in [0.25, 0.3) is 5.56 Å². The normalized spacial score (nSPS) is 12.7. The van der Waals surface area contributed by atoms with Gasteiger partial charge < -0.3 is 9.67 Å². The number of H-pyrrole nitrogens is 1. The molecule has 8 heteroatoms. The van der Waals surface area contributed by atoms with E-state index in [2.05, 4.69) is 16.9 Å². The maximum atomic E-state index is 12.4. The van der Waals surface area contributed by atoms with Gasteiger partial charge in [-0.1, -0.05) is 76.5 Å². The first-order valence-corrected chi connectivity index (χ1v) is 11.9. The summed E-state index contributed by atoms with van der Waals surface area (Å²) >= 11 is 1.42. The lowest BCUT2D eigenvalue weighted by molar-refractivity contribution is 0.220. The minimum atomic E-state index is -0.465. The fraction of sp³-hybridized carbons (Fsp3) is 0.762. The lowest BCUT2D eigenvalue weighted by atomic mass is 10.1. The monoisotopic (exact) mass is 424 g/mol. The van der Waals surface area contributed by atoms with Gasteiger partial charge in [0.1, 0.15) is 0 Å². The van der Waals surface area contributed by atoms with Gasteiger partial charge in [0.15, 0.2) is 16.3 Å². The molecule has 1 unspecified atom stereocenters. The summed E-state index contributed by atoms with van der Waals surface area (Å²) in [6, 6.07) is 0. The fourth-order valence-corrected chi connectivity index (χ4v) is 4.36. The molecule has 0 saturated carbocycles. The second kappa shape index (κ2) is 12.2. The highest BCUT2D eigenvalue weighted by molar-refractivity contribution is 7.99. The SMILES string of the molecule is CCCCCCCCCCCCn1c(SCC(C)O)nc2c1c(=O)[nH]c(=O)n2C. The first-order valence-electron chi connectivity index (χ1n) is 11.0. The zero-order chi connectivity index (χ0) is 21.2. The van der Waals surface area contributed by atoms with Gasteiger partial charge in [0.05, 0.1) is 6.10 Å². The molecule has 2 heterocycles. The highest BCUT2D eigenvalue weighted by atomic mass is 32.2. The molecule has 2 aromatic heterocycles. The van der Waals surface area contributed by atoms with Crippen LogP contribution >= 0.6 is 11.8 Å². The maximum Gasteiger partial charge on any atom is 0.329 e. The molecule has 164 valence electrons. The van der Waals surface area contributed by atoms with Gasteiger partial charge in [-0.2, -0.15) is 0 Å². The number of nitrogens with zero attached hydrogens (tertiary/aromatic N) is 3. The Labute approximate surface area is 176 Å². The molecule has 0 aliphatic carbocycles. The van der Waals surface area contributed by atoms with E-state index in [1.807, 2.05) is 4.57 Å². The highest BCUT2D eigenvalue weighted by Crippen LogP contribution is 2.23. The van der Waals surface area contributed by atoms with Gasteiger partial charge in [0.2, 0.25) is 0 Å². The second-order valence-corrected chi connectivity index (χ2v) is 8.87. The van der Waals surface area contributed by atoms with Crippen LogP contribution in [0.2, 0.25) is 0 Å². The van der Waals surface area contributed by atoms with Gasteiger partial charge in [-0.15, -0.1) is 0 Å². The third-order valence-corrected chi connectivity index (χ3v) is 6.38. The minimum Gasteiger partial charge on any atom is -0.393 e. The Kier molecular flexibility index (Phi) is 10.0. The van der Waals surface area contributed by atoms with E-state index in [0.29, 0.717) is 28.6 Å². The molecule has 0 radical (unpaired) electrons. The number of nitrogens with one attached hydrogen (secondary N) is 1. The van der Waals surface area contributed by atoms with Crippen LogP contribution in [0, 0.1) is 0 Å². The molecule has 0 fully saturated rings. The van der Waals surface area contributed by atoms with Gasteiger partial charge >= 0.3 is 5.69 Å². The lowest BCUT2D eigenvalue weighted by Gasteiger charge is -2.09. The van der Waals surface area contributed by atoms with Crippen molar-refractivity contribution in [3.8, 4) is 0 Å². The third-order valence-electron chi connectivity index (χ3n) is 5.16. The average molecular weight is 425 g/mol. The number of unbranched alkanes of at least 4 members (excludes halogenated alkanes) is 9. The topological polar surface area (TPSA) is 92.9 Å². The Bertz CT molecular complexity index is 869. The van der Waals surface area contributed by atoms with E-state index < -0.39 is 17.4 Å². The molecule has 0 amide bonds. The Morgan fingerprint density at radius 1 is 1.03 bits per heavy atom. The molecule has 7 nitrogen and oxygen atoms in total. The fourth-order valence-electron chi connectivity index (χ4n) is 3.48. The van der Waals surface area contributed by atoms with Crippen LogP contribution < -0.4 is 11.2 Å². The molecular weight excluding hydrogens is 388 g/mol. The van der Waals surface area contributed by atoms with E-state index in [-0.39, 0.29) is 0 Å². The average Bonchev–Trinajstić information content (AvgIpc) is 3.05. The smallest absolute Gasteiger partial charge is 0.329 e. The molecule has 2 N–H and O–H groups in total. The summed E-state index contributed by atoms with van der Waals surface area (Å²) in [5.41, 5.74) is -0.0141. The zero-order valence-corrected chi connectivity index (χ0v) is 18.9. The molecule has 0 aliphatic rings. The standard InChI is InChI=1S/C21H36N4O3S/c1-4-5-6-7-8-9-10-11-12-13-14-25-17-18(22-21(25)29-15-16(2)26)24(3)20(28)23-19(17)27/h16,26H,4-15H2,1-3H3,(H,23,27,28). The predicted octanol–water partition coefficient (Wildman–Crippen LogP) is 3.82. The van der Waals surface area contributed by atoms with E-state index in [1.165, 1.54) is 67.7 Å². The van der Waals surface area contributed by atoms with Crippen molar-refractivity contribution in [1.29, 1.82) is 0 Å². The molecule has 2 rings (SSSR count). The quantitative estimate of drug-likeness (QED) is 0.355. The molecule has 0 saturated heterocycles. The summed E-state index contributed by atoms with van der Waals surface area (Å²) in [5.74, 6) is 0.493. The van der Waals surface area contributed by atoms with Crippen molar-refractivity contribution in [2.24, 2.45) is 7.05 Å². The van der Waals surface area contributed by atoms with Crippen LogP contribution in [0.15, 0.2) is 14.7 Å². The number of aliphatic hydroxyl groups excluding tert-OH is 1. The van der Waals surface area contributed by atoms with Crippen LogP contribution in [0.1, 0.15) is 78.1 Å². The summed E-state index contributed by atoms with van der Waals surface area (Å²) in [5, 5.41) is 10.3. The second-order valence-electron chi connectivity index (χ2n) is 7.88. The van der Waals surface area contributed by atoms with Crippen molar-refractivity contribution in [3.05, 3.63) is 20.8 Å². The van der Waals surface area contributed by atoms with Crippen LogP contribution in [-0.2, 0) is 13.6 Å². The first-order chi connectivity index (χ1) is 14.0. The Morgan fingerprint density at radius 2 is 1.62 bits per heavy atom. The molecule has 2 aromatic rings. The number of fused-ring (bicyclic) bond motifs is 1. The summed E-state index contributed by atoms with van der Waals surface area (Å²) in [7, 11) is 1.61. The van der Waals surface area contributed by atoms with Gasteiger partial charge in [-0.3, -0.25) is 14.3 Å². The number of aryl methyl sites for hydroxylation is 2. The van der Waals surface area contributed by atoms with Crippen LogP contribution in [0.5, 0.6) is 0 Å². The van der Waals surface area contributed by atoms with Crippen LogP contribution in [0.25, 0.3) is 11.2 Å². The Balaban J connectivity index is 1.96. The van der Waals surface area contributed by atoms with Crippen molar-refractivity contribution in [2.45, 2.75) is 95.9 Å². The van der Waals surface area contributed by atoms with E-state index >= 15 is 0 Å². The van der Waals surface area contributed by atoms with Crippen molar-refractivity contribution in [3.63, 3.8) is 0 Å². The molecule has 0 bridgehead atoms. The number of hydrogen-bond acceptors (Lipinski definition) is 5. The van der Waals surface area contributed by atoms with Gasteiger partial charge in [-0.05, 0) is 13.3 Å². The van der Waals surface area contributed by atoms with Crippen molar-refractivity contribution in [1.82, 2.24) is 19.1 Å². The van der Waals surface area contributed by atoms with Crippen molar-refractivity contribution in [2.75, 3.05) is 5.75 Å². The van der Waals surface area contributed by atoms with Crippen LogP contribution in [0.3, 0.4) is 0 Å². The van der Waals surface area contributed by atoms with Gasteiger partial charge in [-0.25, -0.2) is 9.78 Å². The number of rotatable bonds is 14. The first kappa shape index (κ1) is 23.7. The van der Waals surface area contributed by atoms with E-state index in [9.17, 15) is 14.7 Å². The summed E-state index contributed by atoms with van der Waals surface area (Å²) in [6.07, 6.45) is 12.0. The maximum absolute atomic E-state index is 12.4. The third kappa shape index (κ3) is 7.03. The number of thioether (sulfide) groups is 1. The molecule has 1 atom stereocenters. The highest BCUT2D eigenvalue weighted by Gasteiger charge is 2.17. The molecule has 0 aliphatic heterocycles. The minimum absolute atomic E-state index is 0.397. The summed E-state index contributed by atoms with van der Waals surface area (Å²) in [6.45, 7) is 4.66. The number of aromatic nitrogens is 4. The predicted molar refractivity (Wildman–Crippen MR) is 120 cm³/mol. The van der Waals surface area contributed by atoms with E-state index in [1.54, 1.807) is 14.0 Å². The number of imidazole rings is 1. The molecular formula is C21H36N4O3S. The Morgan fingerprint density at radius 3 is 2.21 bits per heavy atom. The zero-order valence-electron chi connectivity index (χ0n) is 18.1. The summed E-state index contributed by atoms with van der Waals surface area (Å²) < 4.78 is 3.28. The van der Waals surface area contributed by atoms with Crippen molar-refractivity contribution < 1.29 is 5.11 Å². The number of aromatic amines is 1. The van der Waals surface area contributed by atoms with Crippen LogP contribution in [0.4, 0.5) is 0 Å². The number of hydrogen-bond donors (Lipinski definition) is 2. The van der Waals surface area contributed by atoms with Crippen molar-refractivity contribution >= 4 is 22.9 Å². The van der Waals surface area contributed by atoms with E-state index in [0.717, 1.165) is 12.8 Å². The molecule has 0 spiro atoms. The summed E-state index contributed by atoms with van der Waals surface area (Å²) in [4.78, 5) is 31.2. The number of aliphatic hydroxyl groups is 1. The van der Waals surface area contributed by atoms with Crippen LogP contribution in [-0.4, -0.2) is 36.1 Å². The van der Waals surface area contributed by atoms with E-state index in [4.69, 9.17) is 0 Å². The molecule has 0 aromatic carbocycles. The lowest BCUT2D eigenvalue weighted by Crippen LogP contribution is -2.29. The molecule has 29 heavy (non-hydrogen) atoms.